The van der Waals surface area contributed by atoms with Crippen LogP contribution in [0.5, 0.6) is 0 Å². The highest BCUT2D eigenvalue weighted by molar-refractivity contribution is 6.30. The highest BCUT2D eigenvalue weighted by atomic mass is 35.5. The summed E-state index contributed by atoms with van der Waals surface area (Å²) in [5, 5.41) is 3.42. The number of esters is 1. The Morgan fingerprint density at radius 2 is 1.70 bits per heavy atom. The van der Waals surface area contributed by atoms with Gasteiger partial charge in [0.1, 0.15) is 0 Å². The van der Waals surface area contributed by atoms with Gasteiger partial charge in [0.15, 0.2) is 6.61 Å². The van der Waals surface area contributed by atoms with E-state index in [1.165, 1.54) is 0 Å². The fraction of sp³-hybridized carbons (Fsp3) is 0.320. The van der Waals surface area contributed by atoms with E-state index >= 15 is 0 Å². The summed E-state index contributed by atoms with van der Waals surface area (Å²) in [7, 11) is 0. The van der Waals surface area contributed by atoms with E-state index in [9.17, 15) is 14.4 Å². The van der Waals surface area contributed by atoms with Gasteiger partial charge in [-0.2, -0.15) is 0 Å². The van der Waals surface area contributed by atoms with Gasteiger partial charge in [-0.3, -0.25) is 4.79 Å². The van der Waals surface area contributed by atoms with Crippen LogP contribution >= 0.6 is 11.6 Å². The summed E-state index contributed by atoms with van der Waals surface area (Å²) in [5.41, 5.74) is 1.80. The van der Waals surface area contributed by atoms with Gasteiger partial charge in [0.25, 0.3) is 5.91 Å². The van der Waals surface area contributed by atoms with Crippen LogP contribution in [0.4, 0.5) is 4.79 Å². The van der Waals surface area contributed by atoms with Crippen LogP contribution in [0.15, 0.2) is 54.6 Å². The molecule has 1 saturated heterocycles. The number of ether oxygens (including phenoxy) is 2. The van der Waals surface area contributed by atoms with Gasteiger partial charge in [0, 0.05) is 24.2 Å². The molecule has 2 aromatic carbocycles. The largest absolute Gasteiger partial charge is 0.452 e. The molecule has 2 aromatic rings. The summed E-state index contributed by atoms with van der Waals surface area (Å²) >= 11 is 5.98. The number of piperidine rings is 1. The van der Waals surface area contributed by atoms with E-state index in [0.29, 0.717) is 48.7 Å². The molecule has 0 radical (unpaired) electrons. The van der Waals surface area contributed by atoms with Crippen molar-refractivity contribution in [2.24, 2.45) is 0 Å². The Labute approximate surface area is 198 Å². The lowest BCUT2D eigenvalue weighted by atomic mass is 10.0. The zero-order chi connectivity index (χ0) is 23.6. The van der Waals surface area contributed by atoms with E-state index in [2.05, 4.69) is 5.32 Å². The Kier molecular flexibility index (Phi) is 8.89. The van der Waals surface area contributed by atoms with Crippen molar-refractivity contribution < 1.29 is 23.9 Å². The van der Waals surface area contributed by atoms with E-state index in [0.717, 1.165) is 5.56 Å². The van der Waals surface area contributed by atoms with Crippen LogP contribution in [0, 0.1) is 0 Å². The molecule has 0 spiro atoms. The zero-order valence-electron chi connectivity index (χ0n) is 18.5. The van der Waals surface area contributed by atoms with Crippen molar-refractivity contribution in [3.63, 3.8) is 0 Å². The van der Waals surface area contributed by atoms with E-state index < -0.39 is 12.6 Å². The minimum Gasteiger partial charge on any atom is -0.452 e. The maximum atomic E-state index is 12.8. The first-order chi connectivity index (χ1) is 16.0. The molecule has 0 aliphatic carbocycles. The summed E-state index contributed by atoms with van der Waals surface area (Å²) < 4.78 is 10.3. The molecule has 1 N–H and O–H groups in total. The molecule has 1 aliphatic heterocycles. The van der Waals surface area contributed by atoms with Crippen molar-refractivity contribution in [3.8, 4) is 0 Å². The molecule has 1 fully saturated rings. The van der Waals surface area contributed by atoms with Crippen molar-refractivity contribution in [2.75, 3.05) is 26.3 Å². The molecule has 0 bridgehead atoms. The molecule has 0 aromatic heterocycles. The fourth-order valence-electron chi connectivity index (χ4n) is 3.50. The second-order valence-electron chi connectivity index (χ2n) is 7.58. The number of nitrogens with zero attached hydrogens (tertiary/aromatic N) is 1. The van der Waals surface area contributed by atoms with E-state index in [-0.39, 0.29) is 18.0 Å². The SMILES string of the molecule is CCOC(=O)N1CCC(NC(=O)COC(=O)/C(=C/c2ccccc2)c2ccc(Cl)cc2)CC1. The topological polar surface area (TPSA) is 84.9 Å². The number of likely N-dealkylation sites (tertiary alicyclic amines) is 1. The number of amides is 2. The number of halogens is 1. The minimum absolute atomic E-state index is 0.0857. The predicted octanol–water partition coefficient (Wildman–Crippen LogP) is 4.16. The fourth-order valence-corrected chi connectivity index (χ4v) is 3.63. The van der Waals surface area contributed by atoms with Gasteiger partial charge in [-0.25, -0.2) is 9.59 Å². The minimum atomic E-state index is -0.603. The van der Waals surface area contributed by atoms with Gasteiger partial charge in [-0.15, -0.1) is 0 Å². The number of nitrogens with one attached hydrogen (secondary N) is 1. The predicted molar refractivity (Wildman–Crippen MR) is 126 cm³/mol. The van der Waals surface area contributed by atoms with Crippen LogP contribution in [0.3, 0.4) is 0 Å². The Bertz CT molecular complexity index is 984. The van der Waals surface area contributed by atoms with Gasteiger partial charge < -0.3 is 19.7 Å². The summed E-state index contributed by atoms with van der Waals surface area (Å²) in [6, 6.07) is 16.1. The average molecular weight is 471 g/mol. The number of hydrogen-bond donors (Lipinski definition) is 1. The molecule has 2 amide bonds. The highest BCUT2D eigenvalue weighted by Gasteiger charge is 2.25. The second-order valence-corrected chi connectivity index (χ2v) is 8.02. The molecule has 0 unspecified atom stereocenters. The maximum absolute atomic E-state index is 12.8. The summed E-state index contributed by atoms with van der Waals surface area (Å²) in [6.07, 6.45) is 2.61. The monoisotopic (exact) mass is 470 g/mol. The van der Waals surface area contributed by atoms with Crippen molar-refractivity contribution in [2.45, 2.75) is 25.8 Å². The Hall–Kier alpha value is -3.32. The number of carbonyl (C=O) groups is 3. The molecule has 0 atom stereocenters. The molecule has 1 aliphatic rings. The molecule has 3 rings (SSSR count). The lowest BCUT2D eigenvalue weighted by molar-refractivity contribution is -0.143. The Morgan fingerprint density at radius 3 is 2.33 bits per heavy atom. The van der Waals surface area contributed by atoms with Gasteiger partial charge in [0.05, 0.1) is 12.2 Å². The molecule has 8 heteroatoms. The first-order valence-electron chi connectivity index (χ1n) is 10.9. The van der Waals surface area contributed by atoms with Crippen LogP contribution < -0.4 is 5.32 Å². The van der Waals surface area contributed by atoms with Crippen molar-refractivity contribution in [1.82, 2.24) is 10.2 Å². The van der Waals surface area contributed by atoms with Crippen LogP contribution in [0.25, 0.3) is 11.6 Å². The maximum Gasteiger partial charge on any atom is 0.409 e. The molecule has 7 nitrogen and oxygen atoms in total. The third-order valence-electron chi connectivity index (χ3n) is 5.21. The van der Waals surface area contributed by atoms with Crippen LogP contribution in [-0.4, -0.2) is 55.2 Å². The number of carbonyl (C=O) groups excluding carboxylic acids is 3. The van der Waals surface area contributed by atoms with Gasteiger partial charge in [-0.05, 0) is 49.1 Å². The van der Waals surface area contributed by atoms with Crippen LogP contribution in [-0.2, 0) is 19.1 Å². The number of benzene rings is 2. The summed E-state index contributed by atoms with van der Waals surface area (Å²) in [6.45, 7) is 2.71. The van der Waals surface area contributed by atoms with Crippen molar-refractivity contribution >= 4 is 41.2 Å². The third kappa shape index (κ3) is 7.36. The molecular formula is C25H27ClN2O5. The number of rotatable bonds is 7. The second kappa shape index (κ2) is 12.1. The lowest BCUT2D eigenvalue weighted by Crippen LogP contribution is -2.47. The molecular weight excluding hydrogens is 444 g/mol. The normalized spacial score (nSPS) is 14.5. The quantitative estimate of drug-likeness (QED) is 0.373. The van der Waals surface area contributed by atoms with Gasteiger partial charge >= 0.3 is 12.1 Å². The zero-order valence-corrected chi connectivity index (χ0v) is 19.2. The summed E-state index contributed by atoms with van der Waals surface area (Å²) in [5.74, 6) is -0.985. The first-order valence-corrected chi connectivity index (χ1v) is 11.2. The molecule has 174 valence electrons. The standard InChI is InChI=1S/C25H27ClN2O5/c1-2-32-25(31)28-14-12-21(13-15-28)27-23(29)17-33-24(30)22(16-18-6-4-3-5-7-18)19-8-10-20(26)11-9-19/h3-11,16,21H,2,12-15,17H2,1H3,(H,27,29)/b22-16+. The van der Waals surface area contributed by atoms with E-state index in [1.807, 2.05) is 30.3 Å². The van der Waals surface area contributed by atoms with E-state index in [1.54, 1.807) is 42.2 Å². The van der Waals surface area contributed by atoms with Crippen LogP contribution in [0.1, 0.15) is 30.9 Å². The number of hydrogen-bond acceptors (Lipinski definition) is 5. The third-order valence-corrected chi connectivity index (χ3v) is 5.46. The van der Waals surface area contributed by atoms with Gasteiger partial charge in [-0.1, -0.05) is 54.1 Å². The smallest absolute Gasteiger partial charge is 0.409 e. The molecule has 1 heterocycles. The lowest BCUT2D eigenvalue weighted by Gasteiger charge is -2.31. The Morgan fingerprint density at radius 1 is 1.03 bits per heavy atom. The molecule has 0 saturated carbocycles. The van der Waals surface area contributed by atoms with Crippen molar-refractivity contribution in [1.29, 1.82) is 0 Å². The summed E-state index contributed by atoms with van der Waals surface area (Å²) in [4.78, 5) is 38.6. The Balaban J connectivity index is 1.57. The average Bonchev–Trinajstić information content (AvgIpc) is 2.83. The molecule has 33 heavy (non-hydrogen) atoms. The highest BCUT2D eigenvalue weighted by Crippen LogP contribution is 2.22. The first kappa shape index (κ1) is 24.3. The van der Waals surface area contributed by atoms with Crippen molar-refractivity contribution in [3.05, 3.63) is 70.7 Å². The van der Waals surface area contributed by atoms with E-state index in [4.69, 9.17) is 21.1 Å². The van der Waals surface area contributed by atoms with Crippen LogP contribution in [0.2, 0.25) is 5.02 Å². The van der Waals surface area contributed by atoms with Gasteiger partial charge in [0.2, 0.25) is 0 Å².